The molecule has 10 nitrogen and oxygen atoms in total. The molecule has 0 spiro atoms. The molecule has 0 bridgehead atoms. The number of halogens is 3. The fourth-order valence-electron chi connectivity index (χ4n) is 14.0. The van der Waals surface area contributed by atoms with Crippen LogP contribution < -0.4 is 69.1 Å². The number of H-pyrrole nitrogens is 1. The van der Waals surface area contributed by atoms with Gasteiger partial charge in [0, 0.05) is 59.1 Å². The van der Waals surface area contributed by atoms with Gasteiger partial charge in [-0.25, -0.2) is 14.8 Å². The second kappa shape index (κ2) is 48.7. The first-order valence-corrected chi connectivity index (χ1v) is 48.8. The first-order chi connectivity index (χ1) is 61.7. The fourth-order valence-corrected chi connectivity index (χ4v) is 24.3. The van der Waals surface area contributed by atoms with Crippen molar-refractivity contribution in [2.75, 3.05) is 0 Å². The standard InChI is InChI=1S/4C18H15P.C13H15BrN2O2.C13H10ClN3.C11H15BClNO2.CH4.Pd/c4*1-4-10-16(11-5-1)19(17-12-6-2-7-13-17)18-14-8-3-9-15-18;1-8-5-10(14)6-9-7-15-16(11(8)9)12(17)18-13(2,3)4;1-8-5-9(6-10-7-16-17-12(8)10)11-3-2-4-15-13(11)14;1-10(2)11(3,4)16-12(15-10)8-6-5-7-14-9(8)13;;/h4*1-15H;5-7H,1-4H3;2-7H,1H3,(H,16,17);5-7H,1-4H3;1H4;. The third kappa shape index (κ3) is 27.4. The second-order valence-corrected chi connectivity index (χ2v) is 42.0. The largest absolute Gasteiger partial charge is 0.498 e. The number of aryl methyl sites for hydroxylation is 2. The van der Waals surface area contributed by atoms with Crippen LogP contribution in [0.5, 0.6) is 0 Å². The summed E-state index contributed by atoms with van der Waals surface area (Å²) >= 11 is 15.5. The Morgan fingerprint density at radius 2 is 0.690 bits per heavy atom. The first-order valence-electron chi connectivity index (χ1n) is 41.9. The number of nitrogens with one attached hydrogen (secondary N) is 1. The number of carbonyl (C=O) groups excluding carboxylic acids is 1. The molecule has 0 saturated carbocycles. The van der Waals surface area contributed by atoms with Gasteiger partial charge in [0.2, 0.25) is 0 Å². The second-order valence-electron chi connectivity index (χ2n) is 31.5. The molecule has 0 radical (unpaired) electrons. The Labute approximate surface area is 798 Å². The predicted octanol–water partition coefficient (Wildman–Crippen LogP) is 23.9. The number of benzene rings is 14. The van der Waals surface area contributed by atoms with Crippen molar-refractivity contribution in [2.24, 2.45) is 0 Å². The Hall–Kier alpha value is -10.8. The fraction of sp³-hybridized carbons (Fsp3) is 0.118. The molecule has 652 valence electrons. The molecule has 1 aliphatic heterocycles. The Morgan fingerprint density at radius 3 is 0.977 bits per heavy atom. The van der Waals surface area contributed by atoms with Gasteiger partial charge in [-0.1, -0.05) is 417 Å². The maximum atomic E-state index is 12.0. The van der Waals surface area contributed by atoms with Crippen molar-refractivity contribution in [1.29, 1.82) is 0 Å². The number of ether oxygens (including phenoxy) is 1. The average Bonchev–Trinajstić information content (AvgIpc) is 1.62. The Balaban J connectivity index is 0.000000145. The summed E-state index contributed by atoms with van der Waals surface area (Å²) in [7, 11) is -2.22. The van der Waals surface area contributed by atoms with Crippen LogP contribution in [0.25, 0.3) is 32.9 Å². The summed E-state index contributed by atoms with van der Waals surface area (Å²) in [6, 6.07) is 145. The summed E-state index contributed by atoms with van der Waals surface area (Å²) in [6.07, 6.45) is 6.36. The van der Waals surface area contributed by atoms with E-state index < -0.39 is 50.5 Å². The zero-order valence-electron chi connectivity index (χ0n) is 72.8. The predicted molar refractivity (Wildman–Crippen MR) is 555 cm³/mol. The molecular weight excluding hydrogens is 1860 g/mol. The molecule has 1 N–H and O–H groups in total. The molecule has 5 heterocycles. The van der Waals surface area contributed by atoms with Crippen molar-refractivity contribution in [1.82, 2.24) is 29.9 Å². The third-order valence-corrected chi connectivity index (χ3v) is 31.5. The monoisotopic (exact) mass is 1960 g/mol. The topological polar surface area (TPSA) is 117 Å². The maximum absolute atomic E-state index is 12.0. The molecule has 129 heavy (non-hydrogen) atoms. The van der Waals surface area contributed by atoms with E-state index in [1.54, 1.807) is 18.6 Å². The number of aromatic amines is 1. The molecule has 0 amide bonds. The van der Waals surface area contributed by atoms with Gasteiger partial charge in [0.1, 0.15) is 15.9 Å². The molecule has 0 aliphatic carbocycles. The van der Waals surface area contributed by atoms with Crippen LogP contribution >= 0.6 is 70.8 Å². The Kier molecular flexibility index (Phi) is 37.3. The van der Waals surface area contributed by atoms with E-state index in [4.69, 9.17) is 37.2 Å². The summed E-state index contributed by atoms with van der Waals surface area (Å²) < 4.78 is 19.4. The number of aromatic nitrogens is 6. The summed E-state index contributed by atoms with van der Waals surface area (Å²) in [5.74, 6) is 0. The van der Waals surface area contributed by atoms with Gasteiger partial charge >= 0.3 is 13.2 Å². The minimum atomic E-state index is -0.529. The van der Waals surface area contributed by atoms with Gasteiger partial charge < -0.3 is 14.0 Å². The van der Waals surface area contributed by atoms with E-state index in [1.165, 1.54) is 68.3 Å². The van der Waals surface area contributed by atoms with Crippen molar-refractivity contribution < 1.29 is 39.3 Å². The van der Waals surface area contributed by atoms with Crippen LogP contribution in [0.15, 0.2) is 442 Å². The smallest absolute Gasteiger partial charge is 0.442 e. The SMILES string of the molecule is C.CC1(C)OB(c2cccnc2Cl)OC1(C)C.Cc1cc(-c2cccnc2Cl)cc2cn[nH]c12.Cc1cc(Br)cc2cnn(C(=O)OC(C)(C)C)c12.[Pd].c1ccc(P(c2ccccc2)c2ccccc2)cc1.c1ccc(P(c2ccccc2)c2ccccc2)cc1.c1ccc(P(c2ccccc2)c2ccccc2)cc1.c1ccc(P(c2ccccc2)c2ccccc2)cc1. The molecule has 0 atom stereocenters. The number of rotatable bonds is 14. The molecule has 19 rings (SSSR count). The minimum Gasteiger partial charge on any atom is -0.442 e. The van der Waals surface area contributed by atoms with Gasteiger partial charge in [0.05, 0.1) is 34.6 Å². The number of pyridine rings is 2. The minimum absolute atomic E-state index is 0. The van der Waals surface area contributed by atoms with E-state index in [2.05, 4.69) is 417 Å². The van der Waals surface area contributed by atoms with E-state index in [0.717, 1.165) is 54.0 Å². The number of hydrogen-bond donors (Lipinski definition) is 1. The molecule has 1 fully saturated rings. The molecule has 19 heteroatoms. The number of nitrogens with zero attached hydrogens (tertiary/aromatic N) is 5. The molecule has 1 saturated heterocycles. The molecule has 4 aromatic heterocycles. The van der Waals surface area contributed by atoms with Crippen LogP contribution in [-0.4, -0.2) is 60.0 Å². The van der Waals surface area contributed by atoms with Crippen LogP contribution in [0.2, 0.25) is 10.3 Å². The van der Waals surface area contributed by atoms with Gasteiger partial charge in [0.25, 0.3) is 0 Å². The van der Waals surface area contributed by atoms with Crippen molar-refractivity contribution in [2.45, 2.75) is 86.5 Å². The first kappa shape index (κ1) is 98.8. The van der Waals surface area contributed by atoms with Crippen LogP contribution in [0, 0.1) is 13.8 Å². The molecular formula is C110H104BBrCl2N6O4P4Pd. The maximum Gasteiger partial charge on any atom is 0.498 e. The summed E-state index contributed by atoms with van der Waals surface area (Å²) in [6.45, 7) is 17.5. The quantitative estimate of drug-likeness (QED) is 0.0650. The molecule has 1 aliphatic rings. The van der Waals surface area contributed by atoms with E-state index in [-0.39, 0.29) is 39.1 Å². The normalized spacial score (nSPS) is 12.1. The van der Waals surface area contributed by atoms with Crippen LogP contribution in [0.1, 0.15) is 67.0 Å². The van der Waals surface area contributed by atoms with Gasteiger partial charge in [-0.05, 0) is 217 Å². The molecule has 18 aromatic rings. The number of fused-ring (bicyclic) bond motifs is 2. The van der Waals surface area contributed by atoms with Crippen molar-refractivity contribution >= 4 is 175 Å². The van der Waals surface area contributed by atoms with E-state index in [1.807, 2.05) is 105 Å². The molecule has 14 aromatic carbocycles. The van der Waals surface area contributed by atoms with Gasteiger partial charge in [-0.15, -0.1) is 0 Å². The molecule has 0 unspecified atom stereocenters. The van der Waals surface area contributed by atoms with Gasteiger partial charge in [-0.2, -0.15) is 14.9 Å². The Bertz CT molecular complexity index is 5540. The summed E-state index contributed by atoms with van der Waals surface area (Å²) in [5.41, 5.74) is 5.53. The third-order valence-electron chi connectivity index (χ3n) is 20.7. The van der Waals surface area contributed by atoms with E-state index >= 15 is 0 Å². The summed E-state index contributed by atoms with van der Waals surface area (Å²) in [5, 5.41) is 30.9. The van der Waals surface area contributed by atoms with Crippen LogP contribution in [-0.2, 0) is 34.5 Å². The number of hydrogen-bond acceptors (Lipinski definition) is 8. The van der Waals surface area contributed by atoms with E-state index in [0.29, 0.717) is 10.3 Å². The van der Waals surface area contributed by atoms with Gasteiger partial charge in [0.15, 0.2) is 0 Å². The van der Waals surface area contributed by atoms with Crippen molar-refractivity contribution in [3.8, 4) is 11.1 Å². The van der Waals surface area contributed by atoms with Gasteiger partial charge in [-0.3, -0.25) is 5.10 Å². The van der Waals surface area contributed by atoms with Crippen LogP contribution in [0.3, 0.4) is 0 Å². The zero-order chi connectivity index (χ0) is 89.0. The van der Waals surface area contributed by atoms with Crippen molar-refractivity contribution in [3.63, 3.8) is 0 Å². The Morgan fingerprint density at radius 1 is 0.395 bits per heavy atom. The average molecular weight is 1970 g/mol. The number of carbonyl (C=O) groups is 1. The van der Waals surface area contributed by atoms with E-state index in [9.17, 15) is 4.79 Å². The van der Waals surface area contributed by atoms with Crippen molar-refractivity contribution in [3.05, 3.63) is 463 Å². The van der Waals surface area contributed by atoms with Crippen LogP contribution in [0.4, 0.5) is 4.79 Å². The summed E-state index contributed by atoms with van der Waals surface area (Å²) in [4.78, 5) is 20.2. The zero-order valence-corrected chi connectivity index (χ0v) is 81.0.